The topological polar surface area (TPSA) is 77.5 Å². The predicted molar refractivity (Wildman–Crippen MR) is 105 cm³/mol. The zero-order valence-corrected chi connectivity index (χ0v) is 15.5. The van der Waals surface area contributed by atoms with E-state index in [9.17, 15) is 14.9 Å². The van der Waals surface area contributed by atoms with E-state index in [1.807, 2.05) is 15.8 Å². The second-order valence-corrected chi connectivity index (χ2v) is 7.14. The molecule has 4 aromatic rings. The van der Waals surface area contributed by atoms with Gasteiger partial charge >= 0.3 is 0 Å². The largest absolute Gasteiger partial charge is 0.296 e. The first kappa shape index (κ1) is 17.1. The number of fused-ring (bicyclic) bond motifs is 1. The third-order valence-electron chi connectivity index (χ3n) is 4.66. The molecular formula is C20H15N3O3S. The van der Waals surface area contributed by atoms with Crippen molar-refractivity contribution in [1.82, 2.24) is 9.38 Å². The van der Waals surface area contributed by atoms with Crippen LogP contribution < -0.4 is 0 Å². The lowest BCUT2D eigenvalue weighted by molar-refractivity contribution is -0.384. The number of carbonyl (C=O) groups is 1. The number of rotatable bonds is 4. The fourth-order valence-electron chi connectivity index (χ4n) is 3.04. The van der Waals surface area contributed by atoms with Crippen molar-refractivity contribution in [3.05, 3.63) is 74.8 Å². The van der Waals surface area contributed by atoms with E-state index in [1.54, 1.807) is 12.1 Å². The molecule has 6 nitrogen and oxygen atoms in total. The molecule has 4 rings (SSSR count). The Morgan fingerprint density at radius 3 is 2.41 bits per heavy atom. The third kappa shape index (κ3) is 2.82. The minimum Gasteiger partial charge on any atom is -0.296 e. The Kier molecular flexibility index (Phi) is 4.08. The minimum atomic E-state index is -0.450. The van der Waals surface area contributed by atoms with Gasteiger partial charge in [0.2, 0.25) is 0 Å². The van der Waals surface area contributed by atoms with Gasteiger partial charge in [-0.1, -0.05) is 12.1 Å². The van der Waals surface area contributed by atoms with Crippen molar-refractivity contribution in [1.29, 1.82) is 0 Å². The monoisotopic (exact) mass is 377 g/mol. The van der Waals surface area contributed by atoms with Crippen LogP contribution in [0.2, 0.25) is 0 Å². The van der Waals surface area contributed by atoms with E-state index in [1.165, 1.54) is 34.6 Å². The van der Waals surface area contributed by atoms with Gasteiger partial charge in [-0.05, 0) is 48.7 Å². The van der Waals surface area contributed by atoms with E-state index in [2.05, 4.69) is 31.0 Å². The van der Waals surface area contributed by atoms with E-state index < -0.39 is 4.92 Å². The molecule has 0 unspecified atom stereocenters. The van der Waals surface area contributed by atoms with Gasteiger partial charge in [0.1, 0.15) is 11.4 Å². The summed E-state index contributed by atoms with van der Waals surface area (Å²) in [6, 6.07) is 12.3. The first-order valence-electron chi connectivity index (χ1n) is 8.27. The lowest BCUT2D eigenvalue weighted by Gasteiger charge is -2.06. The van der Waals surface area contributed by atoms with Crippen molar-refractivity contribution in [2.75, 3.05) is 0 Å². The Labute approximate surface area is 158 Å². The van der Waals surface area contributed by atoms with Crippen LogP contribution in [0.5, 0.6) is 0 Å². The number of non-ortho nitro benzene ring substituents is 1. The number of nitro groups is 1. The van der Waals surface area contributed by atoms with E-state index in [4.69, 9.17) is 0 Å². The van der Waals surface area contributed by atoms with Crippen molar-refractivity contribution in [3.8, 4) is 22.5 Å². The summed E-state index contributed by atoms with van der Waals surface area (Å²) < 4.78 is 1.85. The molecule has 134 valence electrons. The predicted octanol–water partition coefficient (Wildman–Crippen LogP) is 5.07. The number of carbonyl (C=O) groups excluding carboxylic acids is 1. The standard InChI is InChI=1S/C20H15N3O3S/c1-12-3-4-15(9-13(12)2)18-11-27-20-21-19(17(10-24)22(18)20)14-5-7-16(8-6-14)23(25)26/h3-11H,1-2H3. The van der Waals surface area contributed by atoms with Crippen molar-refractivity contribution < 1.29 is 9.72 Å². The van der Waals surface area contributed by atoms with E-state index in [-0.39, 0.29) is 5.69 Å². The van der Waals surface area contributed by atoms with Gasteiger partial charge in [-0.2, -0.15) is 0 Å². The van der Waals surface area contributed by atoms with E-state index in [0.717, 1.165) is 17.5 Å². The highest BCUT2D eigenvalue weighted by atomic mass is 32.1. The molecule has 0 atom stereocenters. The van der Waals surface area contributed by atoms with Gasteiger partial charge in [-0.15, -0.1) is 11.3 Å². The SMILES string of the molecule is Cc1ccc(-c2csc3nc(-c4ccc([N+](=O)[O-])cc4)c(C=O)n23)cc1C. The van der Waals surface area contributed by atoms with Crippen molar-refractivity contribution >= 4 is 28.3 Å². The van der Waals surface area contributed by atoms with Gasteiger partial charge in [-0.25, -0.2) is 4.98 Å². The quantitative estimate of drug-likeness (QED) is 0.283. The normalized spacial score (nSPS) is 11.0. The molecule has 0 saturated heterocycles. The van der Waals surface area contributed by atoms with Crippen LogP contribution in [0.4, 0.5) is 5.69 Å². The van der Waals surface area contributed by atoms with Gasteiger partial charge in [0.25, 0.3) is 5.69 Å². The molecule has 0 radical (unpaired) electrons. The smallest absolute Gasteiger partial charge is 0.269 e. The lowest BCUT2D eigenvalue weighted by atomic mass is 10.0. The average molecular weight is 377 g/mol. The minimum absolute atomic E-state index is 0.00300. The Balaban J connectivity index is 1.89. The molecule has 0 spiro atoms. The third-order valence-corrected chi connectivity index (χ3v) is 5.49. The zero-order chi connectivity index (χ0) is 19.1. The summed E-state index contributed by atoms with van der Waals surface area (Å²) in [6.07, 6.45) is 0.786. The molecule has 0 saturated carbocycles. The number of thiazole rings is 1. The fourth-order valence-corrected chi connectivity index (χ4v) is 3.95. The number of benzene rings is 2. The molecule has 7 heteroatoms. The summed E-state index contributed by atoms with van der Waals surface area (Å²) in [4.78, 5) is 27.6. The second-order valence-electron chi connectivity index (χ2n) is 6.31. The van der Waals surface area contributed by atoms with E-state index in [0.29, 0.717) is 21.9 Å². The molecule has 0 bridgehead atoms. The first-order chi connectivity index (χ1) is 13.0. The second kappa shape index (κ2) is 6.44. The Bertz CT molecular complexity index is 1190. The van der Waals surface area contributed by atoms with Gasteiger partial charge in [0.05, 0.1) is 10.6 Å². The number of nitrogens with zero attached hydrogens (tertiary/aromatic N) is 3. The number of imidazole rings is 1. The molecule has 2 aromatic carbocycles. The number of hydrogen-bond acceptors (Lipinski definition) is 5. The molecule has 0 N–H and O–H groups in total. The van der Waals surface area contributed by atoms with E-state index >= 15 is 0 Å². The summed E-state index contributed by atoms with van der Waals surface area (Å²) in [7, 11) is 0. The molecule has 0 aliphatic heterocycles. The summed E-state index contributed by atoms with van der Waals surface area (Å²) in [5.41, 5.74) is 5.94. The average Bonchev–Trinajstić information content (AvgIpc) is 3.23. The van der Waals surface area contributed by atoms with Crippen LogP contribution in [0, 0.1) is 24.0 Å². The van der Waals surface area contributed by atoms with Gasteiger partial charge in [0.15, 0.2) is 11.2 Å². The fraction of sp³-hybridized carbons (Fsp3) is 0.100. The van der Waals surface area contributed by atoms with Crippen LogP contribution in [0.3, 0.4) is 0 Å². The van der Waals surface area contributed by atoms with Gasteiger partial charge in [0, 0.05) is 23.1 Å². The van der Waals surface area contributed by atoms with Crippen LogP contribution in [0.25, 0.3) is 27.5 Å². The number of hydrogen-bond donors (Lipinski definition) is 0. The Morgan fingerprint density at radius 2 is 1.78 bits per heavy atom. The summed E-state index contributed by atoms with van der Waals surface area (Å²) in [6.45, 7) is 4.11. The van der Waals surface area contributed by atoms with Crippen LogP contribution in [0.1, 0.15) is 21.6 Å². The Hall–Kier alpha value is -3.32. The number of aldehydes is 1. The van der Waals surface area contributed by atoms with Gasteiger partial charge in [-0.3, -0.25) is 19.3 Å². The molecule has 0 fully saturated rings. The molecule has 0 aliphatic rings. The molecule has 2 heterocycles. The highest BCUT2D eigenvalue weighted by Gasteiger charge is 2.19. The summed E-state index contributed by atoms with van der Waals surface area (Å²) in [5, 5.41) is 12.8. The molecule has 0 amide bonds. The molecule has 27 heavy (non-hydrogen) atoms. The lowest BCUT2D eigenvalue weighted by Crippen LogP contribution is -1.95. The zero-order valence-electron chi connectivity index (χ0n) is 14.7. The maximum Gasteiger partial charge on any atom is 0.269 e. The molecular weight excluding hydrogens is 362 g/mol. The van der Waals surface area contributed by atoms with Crippen LogP contribution in [0.15, 0.2) is 47.8 Å². The van der Waals surface area contributed by atoms with Crippen molar-refractivity contribution in [3.63, 3.8) is 0 Å². The Morgan fingerprint density at radius 1 is 1.07 bits per heavy atom. The highest BCUT2D eigenvalue weighted by molar-refractivity contribution is 7.15. The number of nitro benzene ring substituents is 1. The highest BCUT2D eigenvalue weighted by Crippen LogP contribution is 2.33. The first-order valence-corrected chi connectivity index (χ1v) is 9.15. The van der Waals surface area contributed by atoms with Crippen molar-refractivity contribution in [2.45, 2.75) is 13.8 Å². The summed E-state index contributed by atoms with van der Waals surface area (Å²) in [5.74, 6) is 0. The maximum atomic E-state index is 11.9. The molecule has 0 aliphatic carbocycles. The number of aryl methyl sites for hydroxylation is 2. The molecule has 2 aromatic heterocycles. The number of aromatic nitrogens is 2. The van der Waals surface area contributed by atoms with Crippen LogP contribution in [-0.2, 0) is 0 Å². The van der Waals surface area contributed by atoms with Crippen LogP contribution >= 0.6 is 11.3 Å². The summed E-state index contributed by atoms with van der Waals surface area (Å²) >= 11 is 1.46. The van der Waals surface area contributed by atoms with Gasteiger partial charge < -0.3 is 0 Å². The maximum absolute atomic E-state index is 11.9. The van der Waals surface area contributed by atoms with Crippen LogP contribution in [-0.4, -0.2) is 20.6 Å². The van der Waals surface area contributed by atoms with Crippen molar-refractivity contribution in [2.24, 2.45) is 0 Å².